The largest absolute Gasteiger partial charge is 0.255 e. The molecule has 152 valence electrons. The Morgan fingerprint density at radius 2 is 0.938 bits per heavy atom. The minimum absolute atomic E-state index is 0.571. The fourth-order valence-corrected chi connectivity index (χ4v) is 3.47. The predicted octanol–water partition coefficient (Wildman–Crippen LogP) is 4.13. The van der Waals surface area contributed by atoms with Crippen molar-refractivity contribution in [3.8, 4) is 34.4 Å². The molecule has 0 saturated heterocycles. The fraction of sp³-hybridized carbons (Fsp3) is 0. The normalized spacial score (nSPS) is 11.1. The van der Waals surface area contributed by atoms with Crippen LogP contribution in [0.25, 0.3) is 45.4 Å². The van der Waals surface area contributed by atoms with Crippen molar-refractivity contribution in [2.45, 2.75) is 0 Å². The molecule has 32 heavy (non-hydrogen) atoms. The number of nitrogens with zero attached hydrogens (tertiary/aromatic N) is 8. The summed E-state index contributed by atoms with van der Waals surface area (Å²) in [5, 5.41) is 9.41. The SMILES string of the molecule is c1ccc(-c2ccn(-c3nc4ccccc4nc3-n3ccc(-c4ccccn4)n3)n2)nc1. The van der Waals surface area contributed by atoms with Crippen molar-refractivity contribution in [3.05, 3.63) is 97.6 Å². The maximum absolute atomic E-state index is 4.85. The van der Waals surface area contributed by atoms with Gasteiger partial charge in [0.15, 0.2) is 11.6 Å². The molecular formula is C24H16N8. The number of pyridine rings is 2. The first-order chi connectivity index (χ1) is 15.8. The summed E-state index contributed by atoms with van der Waals surface area (Å²) in [5.74, 6) is 1.14. The quantitative estimate of drug-likeness (QED) is 0.430. The molecule has 5 heterocycles. The van der Waals surface area contributed by atoms with Gasteiger partial charge in [-0.1, -0.05) is 24.3 Å². The molecule has 0 atom stereocenters. The summed E-state index contributed by atoms with van der Waals surface area (Å²) in [5.41, 5.74) is 4.63. The number of aromatic nitrogens is 8. The van der Waals surface area contributed by atoms with Gasteiger partial charge in [-0.3, -0.25) is 9.97 Å². The molecule has 1 aromatic carbocycles. The number of rotatable bonds is 4. The zero-order chi connectivity index (χ0) is 21.3. The lowest BCUT2D eigenvalue weighted by Gasteiger charge is -2.09. The van der Waals surface area contributed by atoms with E-state index in [0.717, 1.165) is 33.8 Å². The van der Waals surface area contributed by atoms with Crippen LogP contribution in [0.15, 0.2) is 97.6 Å². The van der Waals surface area contributed by atoms with E-state index >= 15 is 0 Å². The highest BCUT2D eigenvalue weighted by atomic mass is 15.4. The molecule has 0 saturated carbocycles. The Labute approximate surface area is 182 Å². The number of fused-ring (bicyclic) bond motifs is 1. The van der Waals surface area contributed by atoms with Gasteiger partial charge in [-0.05, 0) is 48.5 Å². The first-order valence-electron chi connectivity index (χ1n) is 10.1. The summed E-state index contributed by atoms with van der Waals surface area (Å²) in [6, 6.07) is 23.0. The lowest BCUT2D eigenvalue weighted by molar-refractivity contribution is 0.786. The molecule has 0 aliphatic heterocycles. The van der Waals surface area contributed by atoms with Gasteiger partial charge < -0.3 is 0 Å². The Morgan fingerprint density at radius 1 is 0.469 bits per heavy atom. The summed E-state index contributed by atoms with van der Waals surface area (Å²) in [6.45, 7) is 0. The lowest BCUT2D eigenvalue weighted by Crippen LogP contribution is -2.10. The Balaban J connectivity index is 1.51. The third-order valence-electron chi connectivity index (χ3n) is 5.00. The molecule has 0 bridgehead atoms. The Kier molecular flexibility index (Phi) is 4.25. The molecule has 6 aromatic rings. The van der Waals surface area contributed by atoms with Crippen LogP contribution in [0.3, 0.4) is 0 Å². The van der Waals surface area contributed by atoms with E-state index in [2.05, 4.69) is 9.97 Å². The van der Waals surface area contributed by atoms with Crippen LogP contribution in [-0.4, -0.2) is 39.5 Å². The van der Waals surface area contributed by atoms with E-state index in [4.69, 9.17) is 20.2 Å². The van der Waals surface area contributed by atoms with Gasteiger partial charge in [0.1, 0.15) is 11.4 Å². The van der Waals surface area contributed by atoms with Gasteiger partial charge in [0.05, 0.1) is 22.4 Å². The maximum atomic E-state index is 4.85. The number of hydrogen-bond donors (Lipinski definition) is 0. The summed E-state index contributed by atoms with van der Waals surface area (Å²) in [4.78, 5) is 18.5. The first kappa shape index (κ1) is 18.1. The van der Waals surface area contributed by atoms with E-state index < -0.39 is 0 Å². The van der Waals surface area contributed by atoms with E-state index in [9.17, 15) is 0 Å². The number of para-hydroxylation sites is 2. The van der Waals surface area contributed by atoms with Crippen molar-refractivity contribution in [3.63, 3.8) is 0 Å². The molecule has 6 rings (SSSR count). The number of benzene rings is 1. The number of hydrogen-bond acceptors (Lipinski definition) is 6. The first-order valence-corrected chi connectivity index (χ1v) is 10.1. The van der Waals surface area contributed by atoms with E-state index in [1.54, 1.807) is 21.8 Å². The zero-order valence-corrected chi connectivity index (χ0v) is 16.8. The highest BCUT2D eigenvalue weighted by Crippen LogP contribution is 2.23. The Bertz CT molecular complexity index is 1400. The molecule has 0 N–H and O–H groups in total. The lowest BCUT2D eigenvalue weighted by atomic mass is 10.3. The van der Waals surface area contributed by atoms with E-state index in [0.29, 0.717) is 11.6 Å². The average Bonchev–Trinajstić information content (AvgIpc) is 3.55. The third kappa shape index (κ3) is 3.20. The van der Waals surface area contributed by atoms with Crippen molar-refractivity contribution >= 4 is 11.0 Å². The highest BCUT2D eigenvalue weighted by Gasteiger charge is 2.16. The molecule has 0 aliphatic carbocycles. The van der Waals surface area contributed by atoms with Gasteiger partial charge in [0, 0.05) is 24.8 Å². The summed E-state index contributed by atoms with van der Waals surface area (Å²) >= 11 is 0. The second-order valence-corrected chi connectivity index (χ2v) is 7.08. The minimum atomic E-state index is 0.571. The van der Waals surface area contributed by atoms with Gasteiger partial charge in [0.2, 0.25) is 0 Å². The third-order valence-corrected chi connectivity index (χ3v) is 5.00. The molecule has 5 aromatic heterocycles. The standard InChI is InChI=1S/C24H16N8/c1-2-10-20-19(9-1)27-23(31-15-11-21(29-31)17-7-3-5-13-25-17)24(28-20)32-16-12-22(30-32)18-8-4-6-14-26-18/h1-16H. The predicted molar refractivity (Wildman–Crippen MR) is 120 cm³/mol. The highest BCUT2D eigenvalue weighted by molar-refractivity contribution is 5.76. The molecule has 0 amide bonds. The van der Waals surface area contributed by atoms with Crippen LogP contribution < -0.4 is 0 Å². The molecule has 0 radical (unpaired) electrons. The van der Waals surface area contributed by atoms with Crippen LogP contribution >= 0.6 is 0 Å². The van der Waals surface area contributed by atoms with Crippen molar-refractivity contribution in [1.82, 2.24) is 39.5 Å². The Hall–Kier alpha value is -4.72. The molecule has 0 fully saturated rings. The smallest absolute Gasteiger partial charge is 0.199 e. The Morgan fingerprint density at radius 3 is 1.38 bits per heavy atom. The van der Waals surface area contributed by atoms with Crippen LogP contribution in [0.4, 0.5) is 0 Å². The summed E-state index contributed by atoms with van der Waals surface area (Å²) in [7, 11) is 0. The van der Waals surface area contributed by atoms with Crippen LogP contribution in [0.1, 0.15) is 0 Å². The van der Waals surface area contributed by atoms with Crippen LogP contribution in [0.5, 0.6) is 0 Å². The van der Waals surface area contributed by atoms with Crippen LogP contribution in [0.2, 0.25) is 0 Å². The van der Waals surface area contributed by atoms with Gasteiger partial charge in [-0.25, -0.2) is 19.3 Å². The molecule has 8 nitrogen and oxygen atoms in total. The van der Waals surface area contributed by atoms with Crippen molar-refractivity contribution < 1.29 is 0 Å². The van der Waals surface area contributed by atoms with Crippen LogP contribution in [-0.2, 0) is 0 Å². The van der Waals surface area contributed by atoms with Gasteiger partial charge in [-0.2, -0.15) is 10.2 Å². The summed E-state index contributed by atoms with van der Waals surface area (Å²) < 4.78 is 3.42. The second kappa shape index (κ2) is 7.51. The average molecular weight is 416 g/mol. The minimum Gasteiger partial charge on any atom is -0.255 e. The molecule has 0 aliphatic rings. The van der Waals surface area contributed by atoms with Gasteiger partial charge in [-0.15, -0.1) is 0 Å². The fourth-order valence-electron chi connectivity index (χ4n) is 3.47. The van der Waals surface area contributed by atoms with Crippen LogP contribution in [0, 0.1) is 0 Å². The molecule has 8 heteroatoms. The van der Waals surface area contributed by atoms with Crippen molar-refractivity contribution in [1.29, 1.82) is 0 Å². The topological polar surface area (TPSA) is 87.2 Å². The van der Waals surface area contributed by atoms with E-state index in [1.807, 2.05) is 85.2 Å². The van der Waals surface area contributed by atoms with Gasteiger partial charge >= 0.3 is 0 Å². The maximum Gasteiger partial charge on any atom is 0.199 e. The van der Waals surface area contributed by atoms with Gasteiger partial charge in [0.25, 0.3) is 0 Å². The van der Waals surface area contributed by atoms with E-state index in [1.165, 1.54) is 0 Å². The molecular weight excluding hydrogens is 400 g/mol. The molecule has 0 unspecified atom stereocenters. The van der Waals surface area contributed by atoms with Crippen molar-refractivity contribution in [2.75, 3.05) is 0 Å². The second-order valence-electron chi connectivity index (χ2n) is 7.08. The molecule has 0 spiro atoms. The zero-order valence-electron chi connectivity index (χ0n) is 16.8. The summed E-state index contributed by atoms with van der Waals surface area (Å²) in [6.07, 6.45) is 7.21. The van der Waals surface area contributed by atoms with E-state index in [-0.39, 0.29) is 0 Å². The van der Waals surface area contributed by atoms with Crippen molar-refractivity contribution in [2.24, 2.45) is 0 Å². The monoisotopic (exact) mass is 416 g/mol.